The van der Waals surface area contributed by atoms with Crippen molar-refractivity contribution in [2.24, 2.45) is 5.92 Å². The van der Waals surface area contributed by atoms with E-state index in [9.17, 15) is 0 Å². The van der Waals surface area contributed by atoms with E-state index in [0.29, 0.717) is 5.92 Å². The van der Waals surface area contributed by atoms with Gasteiger partial charge in [0.1, 0.15) is 5.75 Å². The average molecular weight is 206 g/mol. The number of methoxy groups -OCH3 is 1. The maximum absolute atomic E-state index is 5.30. The van der Waals surface area contributed by atoms with E-state index in [-0.39, 0.29) is 0 Å². The van der Waals surface area contributed by atoms with Crippen molar-refractivity contribution >= 4 is 0 Å². The van der Waals surface area contributed by atoms with Crippen LogP contribution in [0.5, 0.6) is 5.75 Å². The lowest BCUT2D eigenvalue weighted by Gasteiger charge is -2.22. The molecule has 3 heteroatoms. The summed E-state index contributed by atoms with van der Waals surface area (Å²) in [5, 5.41) is 3.42. The molecule has 0 spiro atoms. The zero-order valence-corrected chi connectivity index (χ0v) is 9.20. The fraction of sp³-hybridized carbons (Fsp3) is 0.583. The van der Waals surface area contributed by atoms with Gasteiger partial charge in [0.05, 0.1) is 12.8 Å². The number of nitrogens with one attached hydrogen (secondary N) is 1. The maximum atomic E-state index is 5.30. The van der Waals surface area contributed by atoms with Crippen LogP contribution in [0, 0.1) is 5.92 Å². The molecule has 2 heterocycles. The van der Waals surface area contributed by atoms with Gasteiger partial charge >= 0.3 is 0 Å². The predicted octanol–water partition coefficient (Wildman–Crippen LogP) is 1.63. The molecule has 1 aliphatic heterocycles. The van der Waals surface area contributed by atoms with Crippen molar-refractivity contribution in [2.75, 3.05) is 20.2 Å². The SMILES string of the molecule is COc1cccnc1CC1CCCNC1. The first kappa shape index (κ1) is 10.4. The second-order valence-corrected chi connectivity index (χ2v) is 4.07. The van der Waals surface area contributed by atoms with Crippen molar-refractivity contribution in [3.63, 3.8) is 0 Å². The molecule has 1 saturated heterocycles. The minimum absolute atomic E-state index is 0.711. The second kappa shape index (κ2) is 5.12. The minimum Gasteiger partial charge on any atom is -0.495 e. The highest BCUT2D eigenvalue weighted by atomic mass is 16.5. The molecule has 0 aliphatic carbocycles. The first-order valence-electron chi connectivity index (χ1n) is 5.58. The molecule has 0 aromatic carbocycles. The van der Waals surface area contributed by atoms with E-state index in [0.717, 1.165) is 31.0 Å². The number of rotatable bonds is 3. The lowest BCUT2D eigenvalue weighted by Crippen LogP contribution is -2.31. The number of nitrogens with zero attached hydrogens (tertiary/aromatic N) is 1. The number of hydrogen-bond donors (Lipinski definition) is 1. The van der Waals surface area contributed by atoms with Crippen LogP contribution in [0.15, 0.2) is 18.3 Å². The van der Waals surface area contributed by atoms with Gasteiger partial charge in [0.2, 0.25) is 0 Å². The largest absolute Gasteiger partial charge is 0.495 e. The summed E-state index contributed by atoms with van der Waals surface area (Å²) in [7, 11) is 1.71. The third-order valence-electron chi connectivity index (χ3n) is 2.95. The standard InChI is InChI=1S/C12H18N2O/c1-15-12-5-3-7-14-11(12)8-10-4-2-6-13-9-10/h3,5,7,10,13H,2,4,6,8-9H2,1H3. The van der Waals surface area contributed by atoms with Crippen molar-refractivity contribution in [3.8, 4) is 5.75 Å². The topological polar surface area (TPSA) is 34.1 Å². The summed E-state index contributed by atoms with van der Waals surface area (Å²) in [6.07, 6.45) is 5.44. The molecule has 1 aromatic rings. The van der Waals surface area contributed by atoms with E-state index in [4.69, 9.17) is 4.74 Å². The van der Waals surface area contributed by atoms with Crippen LogP contribution >= 0.6 is 0 Å². The Balaban J connectivity index is 2.02. The van der Waals surface area contributed by atoms with Gasteiger partial charge in [-0.15, -0.1) is 0 Å². The lowest BCUT2D eigenvalue weighted by molar-refractivity contribution is 0.360. The summed E-state index contributed by atoms with van der Waals surface area (Å²) in [5.74, 6) is 1.63. The molecular formula is C12H18N2O. The lowest BCUT2D eigenvalue weighted by atomic mass is 9.94. The van der Waals surface area contributed by atoms with Crippen LogP contribution in [-0.4, -0.2) is 25.2 Å². The van der Waals surface area contributed by atoms with Gasteiger partial charge in [-0.2, -0.15) is 0 Å². The van der Waals surface area contributed by atoms with Crippen molar-refractivity contribution in [1.82, 2.24) is 10.3 Å². The highest BCUT2D eigenvalue weighted by molar-refractivity contribution is 5.27. The Labute approximate surface area is 90.9 Å². The first-order chi connectivity index (χ1) is 7.40. The minimum atomic E-state index is 0.711. The van der Waals surface area contributed by atoms with Crippen LogP contribution in [0.3, 0.4) is 0 Å². The quantitative estimate of drug-likeness (QED) is 0.816. The first-order valence-corrected chi connectivity index (χ1v) is 5.58. The second-order valence-electron chi connectivity index (χ2n) is 4.07. The maximum Gasteiger partial charge on any atom is 0.140 e. The van der Waals surface area contributed by atoms with Gasteiger partial charge in [0.15, 0.2) is 0 Å². The van der Waals surface area contributed by atoms with Crippen molar-refractivity contribution in [3.05, 3.63) is 24.0 Å². The Kier molecular flexibility index (Phi) is 3.56. The fourth-order valence-corrected chi connectivity index (χ4v) is 2.13. The van der Waals surface area contributed by atoms with Crippen LogP contribution in [0.2, 0.25) is 0 Å². The monoisotopic (exact) mass is 206 g/mol. The van der Waals surface area contributed by atoms with Crippen molar-refractivity contribution < 1.29 is 4.74 Å². The van der Waals surface area contributed by atoms with Gasteiger partial charge in [0.25, 0.3) is 0 Å². The molecule has 0 amide bonds. The van der Waals surface area contributed by atoms with Gasteiger partial charge in [-0.3, -0.25) is 4.98 Å². The number of ether oxygens (including phenoxy) is 1. The molecule has 1 aliphatic rings. The Hall–Kier alpha value is -1.09. The highest BCUT2D eigenvalue weighted by Gasteiger charge is 2.15. The smallest absolute Gasteiger partial charge is 0.140 e. The molecular weight excluding hydrogens is 188 g/mol. The van der Waals surface area contributed by atoms with E-state index in [1.54, 1.807) is 7.11 Å². The Morgan fingerprint density at radius 3 is 3.27 bits per heavy atom. The summed E-state index contributed by atoms with van der Waals surface area (Å²) < 4.78 is 5.30. The number of pyridine rings is 1. The molecule has 15 heavy (non-hydrogen) atoms. The molecule has 0 bridgehead atoms. The fourth-order valence-electron chi connectivity index (χ4n) is 2.13. The zero-order chi connectivity index (χ0) is 10.5. The molecule has 1 unspecified atom stereocenters. The van der Waals surface area contributed by atoms with E-state index in [1.165, 1.54) is 12.8 Å². The van der Waals surface area contributed by atoms with Crippen LogP contribution in [0.4, 0.5) is 0 Å². The zero-order valence-electron chi connectivity index (χ0n) is 9.20. The third-order valence-corrected chi connectivity index (χ3v) is 2.95. The number of piperidine rings is 1. The highest BCUT2D eigenvalue weighted by Crippen LogP contribution is 2.21. The van der Waals surface area contributed by atoms with E-state index in [1.807, 2.05) is 18.3 Å². The normalized spacial score (nSPS) is 21.3. The number of hydrogen-bond acceptors (Lipinski definition) is 3. The average Bonchev–Trinajstić information content (AvgIpc) is 2.31. The third kappa shape index (κ3) is 2.69. The molecule has 1 fully saturated rings. The molecule has 1 aromatic heterocycles. The van der Waals surface area contributed by atoms with E-state index in [2.05, 4.69) is 10.3 Å². The Morgan fingerprint density at radius 1 is 1.60 bits per heavy atom. The molecule has 1 atom stereocenters. The molecule has 0 saturated carbocycles. The van der Waals surface area contributed by atoms with Gasteiger partial charge < -0.3 is 10.1 Å². The van der Waals surface area contributed by atoms with Crippen LogP contribution < -0.4 is 10.1 Å². The summed E-state index contributed by atoms with van der Waals surface area (Å²) in [6.45, 7) is 2.27. The Morgan fingerprint density at radius 2 is 2.53 bits per heavy atom. The summed E-state index contributed by atoms with van der Waals surface area (Å²) in [5.41, 5.74) is 1.09. The Bertz CT molecular complexity index is 308. The molecule has 1 N–H and O–H groups in total. The molecule has 3 nitrogen and oxygen atoms in total. The van der Waals surface area contributed by atoms with Crippen LogP contribution in [0.25, 0.3) is 0 Å². The van der Waals surface area contributed by atoms with Gasteiger partial charge in [-0.1, -0.05) is 0 Å². The van der Waals surface area contributed by atoms with Gasteiger partial charge in [0, 0.05) is 6.20 Å². The summed E-state index contributed by atoms with van der Waals surface area (Å²) >= 11 is 0. The molecule has 2 rings (SSSR count). The van der Waals surface area contributed by atoms with E-state index >= 15 is 0 Å². The van der Waals surface area contributed by atoms with Crippen LogP contribution in [-0.2, 0) is 6.42 Å². The van der Waals surface area contributed by atoms with Crippen molar-refractivity contribution in [1.29, 1.82) is 0 Å². The summed E-state index contributed by atoms with van der Waals surface area (Å²) in [6, 6.07) is 3.90. The van der Waals surface area contributed by atoms with Gasteiger partial charge in [-0.25, -0.2) is 0 Å². The van der Waals surface area contributed by atoms with Crippen LogP contribution in [0.1, 0.15) is 18.5 Å². The number of aromatic nitrogens is 1. The van der Waals surface area contributed by atoms with Crippen molar-refractivity contribution in [2.45, 2.75) is 19.3 Å². The summed E-state index contributed by atoms with van der Waals surface area (Å²) in [4.78, 5) is 4.39. The molecule has 82 valence electrons. The molecule has 0 radical (unpaired) electrons. The predicted molar refractivity (Wildman–Crippen MR) is 60.1 cm³/mol. The van der Waals surface area contributed by atoms with Gasteiger partial charge in [-0.05, 0) is 50.4 Å². The van der Waals surface area contributed by atoms with E-state index < -0.39 is 0 Å².